The van der Waals surface area contributed by atoms with Gasteiger partial charge in [0.25, 0.3) is 0 Å². The van der Waals surface area contributed by atoms with E-state index in [1.807, 2.05) is 0 Å². The third-order valence-electron chi connectivity index (χ3n) is 3.39. The molecule has 2 atom stereocenters. The van der Waals surface area contributed by atoms with E-state index in [0.717, 1.165) is 6.42 Å². The Morgan fingerprint density at radius 3 is 2.63 bits per heavy atom. The minimum Gasteiger partial charge on any atom is -0.465 e. The summed E-state index contributed by atoms with van der Waals surface area (Å²) >= 11 is 0. The van der Waals surface area contributed by atoms with E-state index in [4.69, 9.17) is 0 Å². The third kappa shape index (κ3) is 3.13. The smallest absolute Gasteiger partial charge is 0.339 e. The van der Waals surface area contributed by atoms with Crippen LogP contribution < -0.4 is 4.72 Å². The van der Waals surface area contributed by atoms with E-state index in [1.54, 1.807) is 12.1 Å². The fourth-order valence-corrected chi connectivity index (χ4v) is 3.25. The van der Waals surface area contributed by atoms with Crippen LogP contribution in [-0.4, -0.2) is 28.0 Å². The minimum absolute atomic E-state index is 0.0323. The Morgan fingerprint density at radius 1 is 1.42 bits per heavy atom. The summed E-state index contributed by atoms with van der Waals surface area (Å²) in [5.74, 6) is 0.319. The van der Waals surface area contributed by atoms with Crippen LogP contribution in [0.25, 0.3) is 0 Å². The molecule has 0 aliphatic heterocycles. The number of carbonyl (C=O) groups is 1. The van der Waals surface area contributed by atoms with E-state index in [0.29, 0.717) is 18.4 Å². The van der Waals surface area contributed by atoms with Crippen LogP contribution in [0.3, 0.4) is 0 Å². The first-order valence-electron chi connectivity index (χ1n) is 6.12. The number of benzene rings is 1. The van der Waals surface area contributed by atoms with Gasteiger partial charge >= 0.3 is 5.97 Å². The number of sulfonamides is 1. The first kappa shape index (κ1) is 14.0. The van der Waals surface area contributed by atoms with Gasteiger partial charge in [-0.25, -0.2) is 17.9 Å². The Bertz CT molecular complexity index is 582. The minimum atomic E-state index is -3.68. The second kappa shape index (κ2) is 5.30. The second-order valence-corrected chi connectivity index (χ2v) is 6.55. The van der Waals surface area contributed by atoms with Gasteiger partial charge in [0.15, 0.2) is 0 Å². The molecule has 0 heterocycles. The summed E-state index contributed by atoms with van der Waals surface area (Å²) in [6.07, 6.45) is 1.04. The molecule has 1 fully saturated rings. The number of hydrogen-bond donors (Lipinski definition) is 1. The lowest BCUT2D eigenvalue weighted by atomic mass is 10.2. The quantitative estimate of drug-likeness (QED) is 0.829. The summed E-state index contributed by atoms with van der Waals surface area (Å²) in [5.41, 5.74) is 0.0568. The molecule has 0 radical (unpaired) electrons. The van der Waals surface area contributed by atoms with Crippen molar-refractivity contribution in [3.8, 4) is 0 Å². The molecule has 1 aromatic carbocycles. The predicted molar refractivity (Wildman–Crippen MR) is 70.2 cm³/mol. The topological polar surface area (TPSA) is 72.5 Å². The zero-order valence-corrected chi connectivity index (χ0v) is 11.7. The Hall–Kier alpha value is -1.40. The lowest BCUT2D eigenvalue weighted by Crippen LogP contribution is -2.27. The first-order valence-corrected chi connectivity index (χ1v) is 7.61. The Labute approximate surface area is 113 Å². The standard InChI is InChI=1S/C13H17NO4S/c1-9-7-10(9)8-14-19(16,17)12-6-4-3-5-11(12)13(15)18-2/h3-6,9-10,14H,7-8H2,1-2H3. The summed E-state index contributed by atoms with van der Waals surface area (Å²) in [4.78, 5) is 11.5. The zero-order valence-electron chi connectivity index (χ0n) is 10.9. The molecule has 1 aromatic rings. The highest BCUT2D eigenvalue weighted by molar-refractivity contribution is 7.89. The molecule has 6 heteroatoms. The number of rotatable bonds is 5. The summed E-state index contributed by atoms with van der Waals surface area (Å²) in [7, 11) is -2.45. The van der Waals surface area contributed by atoms with Crippen molar-refractivity contribution < 1.29 is 17.9 Å². The van der Waals surface area contributed by atoms with Crippen LogP contribution >= 0.6 is 0 Å². The molecule has 0 amide bonds. The maximum absolute atomic E-state index is 12.2. The van der Waals surface area contributed by atoms with Crippen molar-refractivity contribution in [1.82, 2.24) is 4.72 Å². The largest absolute Gasteiger partial charge is 0.465 e. The van der Waals surface area contributed by atoms with Crippen LogP contribution in [-0.2, 0) is 14.8 Å². The molecule has 0 aromatic heterocycles. The molecule has 5 nitrogen and oxygen atoms in total. The highest BCUT2D eigenvalue weighted by Gasteiger charge is 2.34. The third-order valence-corrected chi connectivity index (χ3v) is 4.88. The van der Waals surface area contributed by atoms with Crippen molar-refractivity contribution in [2.75, 3.05) is 13.7 Å². The number of esters is 1. The maximum atomic E-state index is 12.2. The predicted octanol–water partition coefficient (Wildman–Crippen LogP) is 1.41. The average molecular weight is 283 g/mol. The van der Waals surface area contributed by atoms with Gasteiger partial charge in [-0.1, -0.05) is 19.1 Å². The van der Waals surface area contributed by atoms with Crippen molar-refractivity contribution in [3.05, 3.63) is 29.8 Å². The van der Waals surface area contributed by atoms with E-state index < -0.39 is 16.0 Å². The van der Waals surface area contributed by atoms with Gasteiger partial charge in [-0.3, -0.25) is 0 Å². The fraction of sp³-hybridized carbons (Fsp3) is 0.462. The van der Waals surface area contributed by atoms with Gasteiger partial charge in [0, 0.05) is 6.54 Å². The number of carbonyl (C=O) groups excluding carboxylic acids is 1. The van der Waals surface area contributed by atoms with E-state index in [9.17, 15) is 13.2 Å². The average Bonchev–Trinajstić information content (AvgIpc) is 3.12. The normalized spacial score (nSPS) is 22.0. The molecule has 0 spiro atoms. The summed E-state index contributed by atoms with van der Waals surface area (Å²) < 4.78 is 31.5. The molecule has 1 N–H and O–H groups in total. The molecule has 0 bridgehead atoms. The molecule has 0 saturated heterocycles. The zero-order chi connectivity index (χ0) is 14.0. The summed E-state index contributed by atoms with van der Waals surface area (Å²) in [6.45, 7) is 2.50. The SMILES string of the molecule is COC(=O)c1ccccc1S(=O)(=O)NCC1CC1C. The fourth-order valence-electron chi connectivity index (χ4n) is 1.96. The maximum Gasteiger partial charge on any atom is 0.339 e. The van der Waals surface area contributed by atoms with Gasteiger partial charge in [0.05, 0.1) is 17.6 Å². The molecular formula is C13H17NO4S. The number of methoxy groups -OCH3 is 1. The Balaban J connectivity index is 2.21. The number of hydrogen-bond acceptors (Lipinski definition) is 4. The van der Waals surface area contributed by atoms with Crippen LogP contribution in [0.4, 0.5) is 0 Å². The van der Waals surface area contributed by atoms with E-state index in [1.165, 1.54) is 19.2 Å². The molecule has 1 saturated carbocycles. The second-order valence-electron chi connectivity index (χ2n) is 4.81. The van der Waals surface area contributed by atoms with Crippen molar-refractivity contribution >= 4 is 16.0 Å². The lowest BCUT2D eigenvalue weighted by Gasteiger charge is -2.09. The van der Waals surface area contributed by atoms with Crippen LogP contribution in [0, 0.1) is 11.8 Å². The van der Waals surface area contributed by atoms with Crippen molar-refractivity contribution in [2.24, 2.45) is 11.8 Å². The molecule has 1 aliphatic rings. The first-order chi connectivity index (χ1) is 8.95. The van der Waals surface area contributed by atoms with Crippen LogP contribution in [0.2, 0.25) is 0 Å². The van der Waals surface area contributed by atoms with E-state index >= 15 is 0 Å². The molecule has 104 valence electrons. The summed E-state index contributed by atoms with van der Waals surface area (Å²) in [6, 6.07) is 6.04. The monoisotopic (exact) mass is 283 g/mol. The lowest BCUT2D eigenvalue weighted by molar-refractivity contribution is 0.0596. The van der Waals surface area contributed by atoms with Crippen LogP contribution in [0.15, 0.2) is 29.2 Å². The highest BCUT2D eigenvalue weighted by Crippen LogP contribution is 2.37. The molecular weight excluding hydrogens is 266 g/mol. The Kier molecular flexibility index (Phi) is 3.91. The van der Waals surface area contributed by atoms with Crippen LogP contribution in [0.1, 0.15) is 23.7 Å². The number of ether oxygens (including phenoxy) is 1. The van der Waals surface area contributed by atoms with E-state index in [2.05, 4.69) is 16.4 Å². The number of nitrogens with one attached hydrogen (secondary N) is 1. The molecule has 1 aliphatic carbocycles. The van der Waals surface area contributed by atoms with Crippen molar-refractivity contribution in [2.45, 2.75) is 18.2 Å². The van der Waals surface area contributed by atoms with Crippen molar-refractivity contribution in [1.29, 1.82) is 0 Å². The van der Waals surface area contributed by atoms with Gasteiger partial charge in [-0.15, -0.1) is 0 Å². The van der Waals surface area contributed by atoms with Crippen LogP contribution in [0.5, 0.6) is 0 Å². The van der Waals surface area contributed by atoms with Crippen molar-refractivity contribution in [3.63, 3.8) is 0 Å². The molecule has 19 heavy (non-hydrogen) atoms. The van der Waals surface area contributed by atoms with E-state index in [-0.39, 0.29) is 10.5 Å². The van der Waals surface area contributed by atoms with Gasteiger partial charge in [0.2, 0.25) is 10.0 Å². The van der Waals surface area contributed by atoms with Gasteiger partial charge < -0.3 is 4.74 Å². The van der Waals surface area contributed by atoms with Gasteiger partial charge in [-0.05, 0) is 30.4 Å². The highest BCUT2D eigenvalue weighted by atomic mass is 32.2. The Morgan fingerprint density at radius 2 is 2.05 bits per heavy atom. The van der Waals surface area contributed by atoms with Gasteiger partial charge in [0.1, 0.15) is 0 Å². The van der Waals surface area contributed by atoms with Gasteiger partial charge in [-0.2, -0.15) is 0 Å². The molecule has 2 unspecified atom stereocenters. The summed E-state index contributed by atoms with van der Waals surface area (Å²) in [5, 5.41) is 0. The molecule has 2 rings (SSSR count).